The Labute approximate surface area is 66.8 Å². The molecule has 0 atom stereocenters. The predicted molar refractivity (Wildman–Crippen MR) is 45.1 cm³/mol. The van der Waals surface area contributed by atoms with Gasteiger partial charge in [-0.05, 0) is 20.8 Å². The van der Waals surface area contributed by atoms with Gasteiger partial charge in [0.1, 0.15) is 0 Å². The molecule has 0 saturated heterocycles. The van der Waals surface area contributed by atoms with Crippen molar-refractivity contribution in [3.8, 4) is 0 Å². The number of imidazole rings is 1. The highest BCUT2D eigenvalue weighted by Crippen LogP contribution is 2.03. The molecule has 0 aliphatic rings. The summed E-state index contributed by atoms with van der Waals surface area (Å²) in [6, 6.07) is 0. The van der Waals surface area contributed by atoms with E-state index in [1.165, 1.54) is 0 Å². The summed E-state index contributed by atoms with van der Waals surface area (Å²) in [7, 11) is 1.97. The molecule has 0 fully saturated rings. The van der Waals surface area contributed by atoms with Gasteiger partial charge in [0.2, 0.25) is 5.62 Å². The van der Waals surface area contributed by atoms with Gasteiger partial charge < -0.3 is 9.55 Å². The first-order valence-corrected chi connectivity index (χ1v) is 3.75. The maximum absolute atomic E-state index is 4.46. The molecular weight excluding hydrogens is 138 g/mol. The number of aryl methyl sites for hydroxylation is 1. The molecule has 0 bridgehead atoms. The molecule has 62 valence electrons. The Morgan fingerprint density at radius 1 is 1.45 bits per heavy atom. The van der Waals surface area contributed by atoms with Crippen molar-refractivity contribution in [1.29, 1.82) is 0 Å². The average molecular weight is 153 g/mol. The third kappa shape index (κ3) is 2.26. The second kappa shape index (κ2) is 2.57. The van der Waals surface area contributed by atoms with E-state index in [1.807, 2.05) is 24.0 Å². The van der Waals surface area contributed by atoms with Gasteiger partial charge in [-0.3, -0.25) is 0 Å². The van der Waals surface area contributed by atoms with Crippen LogP contribution in [0, 0.1) is 0 Å². The summed E-state index contributed by atoms with van der Waals surface area (Å²) in [6.45, 7) is 6.23. The van der Waals surface area contributed by atoms with Gasteiger partial charge in [0.25, 0.3) is 0 Å². The quantitative estimate of drug-likeness (QED) is 0.578. The molecule has 1 heterocycles. The first-order chi connectivity index (χ1) is 4.99. The van der Waals surface area contributed by atoms with E-state index in [2.05, 4.69) is 30.7 Å². The van der Waals surface area contributed by atoms with Crippen molar-refractivity contribution in [2.24, 2.45) is 12.0 Å². The lowest BCUT2D eigenvalue weighted by Crippen LogP contribution is -2.23. The highest BCUT2D eigenvalue weighted by atomic mass is 15.1. The third-order valence-electron chi connectivity index (χ3n) is 1.29. The number of hydrogen-bond acceptors (Lipinski definition) is 1. The predicted octanol–water partition coefficient (Wildman–Crippen LogP) is 1.05. The first-order valence-electron chi connectivity index (χ1n) is 3.75. The molecule has 0 amide bonds. The number of aromatic amines is 1. The molecule has 1 aromatic rings. The molecule has 3 nitrogen and oxygen atoms in total. The number of nitrogens with zero attached hydrogens (tertiary/aromatic N) is 2. The van der Waals surface area contributed by atoms with Gasteiger partial charge in [-0.25, -0.2) is 4.99 Å². The molecular formula is C8H15N3. The van der Waals surface area contributed by atoms with Crippen LogP contribution in [0.2, 0.25) is 0 Å². The first kappa shape index (κ1) is 8.11. The van der Waals surface area contributed by atoms with Gasteiger partial charge in [-0.1, -0.05) is 0 Å². The SMILES string of the molecule is Cn1cc[nH]/c1=N\C(C)(C)C. The van der Waals surface area contributed by atoms with E-state index in [9.17, 15) is 0 Å². The van der Waals surface area contributed by atoms with Gasteiger partial charge in [0, 0.05) is 19.4 Å². The second-order valence-corrected chi connectivity index (χ2v) is 3.68. The molecule has 0 saturated carbocycles. The Morgan fingerprint density at radius 2 is 2.09 bits per heavy atom. The number of aromatic nitrogens is 2. The molecule has 0 spiro atoms. The Kier molecular flexibility index (Phi) is 1.89. The third-order valence-corrected chi connectivity index (χ3v) is 1.29. The lowest BCUT2D eigenvalue weighted by Gasteiger charge is -2.09. The van der Waals surface area contributed by atoms with Gasteiger partial charge in [-0.2, -0.15) is 0 Å². The number of rotatable bonds is 0. The monoisotopic (exact) mass is 153 g/mol. The van der Waals surface area contributed by atoms with Crippen molar-refractivity contribution in [1.82, 2.24) is 9.55 Å². The molecule has 0 radical (unpaired) electrons. The fourth-order valence-electron chi connectivity index (χ4n) is 0.825. The summed E-state index contributed by atoms with van der Waals surface area (Å²) in [5.41, 5.74) is 0.903. The minimum absolute atomic E-state index is 0.0113. The van der Waals surface area contributed by atoms with Gasteiger partial charge in [0.15, 0.2) is 0 Å². The van der Waals surface area contributed by atoms with E-state index >= 15 is 0 Å². The summed E-state index contributed by atoms with van der Waals surface area (Å²) in [6.07, 6.45) is 3.83. The van der Waals surface area contributed by atoms with Crippen molar-refractivity contribution >= 4 is 0 Å². The summed E-state index contributed by atoms with van der Waals surface area (Å²) in [4.78, 5) is 7.52. The summed E-state index contributed by atoms with van der Waals surface area (Å²) >= 11 is 0. The Balaban J connectivity index is 3.10. The zero-order chi connectivity index (χ0) is 8.48. The van der Waals surface area contributed by atoms with E-state index in [1.54, 1.807) is 0 Å². The fourth-order valence-corrected chi connectivity index (χ4v) is 0.825. The lowest BCUT2D eigenvalue weighted by atomic mass is 10.1. The van der Waals surface area contributed by atoms with Gasteiger partial charge >= 0.3 is 0 Å². The Hall–Kier alpha value is -0.990. The molecule has 11 heavy (non-hydrogen) atoms. The number of hydrogen-bond donors (Lipinski definition) is 1. The maximum Gasteiger partial charge on any atom is 0.202 e. The average Bonchev–Trinajstić information content (AvgIpc) is 2.12. The van der Waals surface area contributed by atoms with Crippen LogP contribution < -0.4 is 5.62 Å². The molecule has 0 aromatic carbocycles. The van der Waals surface area contributed by atoms with Crippen molar-refractivity contribution in [2.75, 3.05) is 0 Å². The van der Waals surface area contributed by atoms with Crippen LogP contribution in [0.4, 0.5) is 0 Å². The zero-order valence-corrected chi connectivity index (χ0v) is 7.55. The van der Waals surface area contributed by atoms with Crippen LogP contribution >= 0.6 is 0 Å². The Morgan fingerprint density at radius 3 is 2.45 bits per heavy atom. The number of nitrogens with one attached hydrogen (secondary N) is 1. The van der Waals surface area contributed by atoms with Crippen LogP contribution in [-0.2, 0) is 7.05 Å². The van der Waals surface area contributed by atoms with E-state index < -0.39 is 0 Å². The normalized spacial score (nSPS) is 14.0. The van der Waals surface area contributed by atoms with Crippen LogP contribution in [0.3, 0.4) is 0 Å². The highest BCUT2D eigenvalue weighted by molar-refractivity contribution is 4.77. The smallest absolute Gasteiger partial charge is 0.202 e. The van der Waals surface area contributed by atoms with Crippen molar-refractivity contribution in [3.63, 3.8) is 0 Å². The molecule has 0 unspecified atom stereocenters. The van der Waals surface area contributed by atoms with Gasteiger partial charge in [-0.15, -0.1) is 0 Å². The number of H-pyrrole nitrogens is 1. The molecule has 0 aliphatic carbocycles. The standard InChI is InChI=1S/C8H15N3/c1-8(2,3)10-7-9-5-6-11(7)4/h5-6H,1-4H3,(H,9,10). The van der Waals surface area contributed by atoms with Gasteiger partial charge in [0.05, 0.1) is 5.54 Å². The molecule has 3 heteroatoms. The van der Waals surface area contributed by atoms with E-state index in [0.717, 1.165) is 5.62 Å². The van der Waals surface area contributed by atoms with Crippen LogP contribution in [0.5, 0.6) is 0 Å². The second-order valence-electron chi connectivity index (χ2n) is 3.68. The van der Waals surface area contributed by atoms with E-state index in [4.69, 9.17) is 0 Å². The van der Waals surface area contributed by atoms with Crippen molar-refractivity contribution < 1.29 is 0 Å². The summed E-state index contributed by atoms with van der Waals surface area (Å²) in [5.74, 6) is 0. The molecule has 1 N–H and O–H groups in total. The molecule has 1 rings (SSSR count). The zero-order valence-electron chi connectivity index (χ0n) is 7.55. The maximum atomic E-state index is 4.46. The van der Waals surface area contributed by atoms with Crippen LogP contribution in [0.1, 0.15) is 20.8 Å². The molecule has 1 aromatic heterocycles. The minimum atomic E-state index is -0.0113. The molecule has 0 aliphatic heterocycles. The van der Waals surface area contributed by atoms with Crippen LogP contribution in [0.15, 0.2) is 17.4 Å². The van der Waals surface area contributed by atoms with E-state index in [-0.39, 0.29) is 5.54 Å². The largest absolute Gasteiger partial charge is 0.331 e. The summed E-state index contributed by atoms with van der Waals surface area (Å²) < 4.78 is 1.96. The Bertz CT molecular complexity index is 285. The van der Waals surface area contributed by atoms with Crippen molar-refractivity contribution in [3.05, 3.63) is 18.0 Å². The topological polar surface area (TPSA) is 33.1 Å². The van der Waals surface area contributed by atoms with Crippen molar-refractivity contribution in [2.45, 2.75) is 26.3 Å². The lowest BCUT2D eigenvalue weighted by molar-refractivity contribution is 0.547. The van der Waals surface area contributed by atoms with Crippen LogP contribution in [-0.4, -0.2) is 15.1 Å². The summed E-state index contributed by atoms with van der Waals surface area (Å²) in [5, 5.41) is 0. The fraction of sp³-hybridized carbons (Fsp3) is 0.625. The van der Waals surface area contributed by atoms with E-state index in [0.29, 0.717) is 0 Å². The minimum Gasteiger partial charge on any atom is -0.331 e. The highest BCUT2D eigenvalue weighted by Gasteiger charge is 2.05. The van der Waals surface area contributed by atoms with Crippen LogP contribution in [0.25, 0.3) is 0 Å².